The van der Waals surface area contributed by atoms with Gasteiger partial charge in [0.15, 0.2) is 0 Å². The number of anilines is 2. The minimum absolute atomic E-state index is 0.894. The number of nitrogens with one attached hydrogen (secondary N) is 1. The van der Waals surface area contributed by atoms with Crippen LogP contribution in [0.15, 0.2) is 47.8 Å². The Balaban J connectivity index is 1.19. The van der Waals surface area contributed by atoms with Crippen molar-refractivity contribution in [3.8, 4) is 0 Å². The number of hydrogen-bond acceptors (Lipinski definition) is 4. The van der Waals surface area contributed by atoms with Crippen molar-refractivity contribution in [1.29, 1.82) is 0 Å². The van der Waals surface area contributed by atoms with E-state index in [1.807, 2.05) is 11.3 Å². The van der Waals surface area contributed by atoms with E-state index in [1.54, 1.807) is 0 Å². The van der Waals surface area contributed by atoms with Gasteiger partial charge < -0.3 is 10.2 Å². The molecule has 0 amide bonds. The van der Waals surface area contributed by atoms with Gasteiger partial charge in [-0.3, -0.25) is 4.90 Å². The molecule has 0 spiro atoms. The van der Waals surface area contributed by atoms with E-state index in [1.165, 1.54) is 32.6 Å². The molecule has 2 aromatic carbocycles. The number of rotatable bonds is 4. The molecule has 1 fully saturated rings. The van der Waals surface area contributed by atoms with Crippen LogP contribution >= 0.6 is 23.6 Å². The molecule has 0 unspecified atom stereocenters. The van der Waals surface area contributed by atoms with E-state index in [9.17, 15) is 0 Å². The highest BCUT2D eigenvalue weighted by atomic mass is 32.1. The first-order chi connectivity index (χ1) is 13.3. The molecule has 3 nitrogen and oxygen atoms in total. The number of piperazine rings is 1. The van der Waals surface area contributed by atoms with Crippen LogP contribution in [0, 0.1) is 0 Å². The quantitative estimate of drug-likeness (QED) is 0.655. The minimum atomic E-state index is 0.894. The highest BCUT2D eigenvalue weighted by molar-refractivity contribution is 7.80. The van der Waals surface area contributed by atoms with Gasteiger partial charge in [-0.05, 0) is 47.2 Å². The fraction of sp³-hybridized carbons (Fsp3) is 0.318. The molecule has 27 heavy (non-hydrogen) atoms. The zero-order chi connectivity index (χ0) is 18.2. The van der Waals surface area contributed by atoms with Crippen LogP contribution in [0.25, 0.3) is 10.1 Å². The third-order valence-electron chi connectivity index (χ3n) is 5.70. The number of benzene rings is 2. The number of hydrogen-bond donors (Lipinski definition) is 1. The van der Waals surface area contributed by atoms with Crippen molar-refractivity contribution in [1.82, 2.24) is 4.90 Å². The van der Waals surface area contributed by atoms with Crippen molar-refractivity contribution in [2.75, 3.05) is 42.9 Å². The average Bonchev–Trinajstić information content (AvgIpc) is 3.31. The van der Waals surface area contributed by atoms with Crippen LogP contribution in [0.3, 0.4) is 0 Å². The summed E-state index contributed by atoms with van der Waals surface area (Å²) in [7, 11) is 0. The first-order valence-electron chi connectivity index (χ1n) is 9.61. The van der Waals surface area contributed by atoms with E-state index in [0.29, 0.717) is 0 Å². The maximum absolute atomic E-state index is 5.29. The molecule has 0 atom stereocenters. The Bertz CT molecular complexity index is 986. The van der Waals surface area contributed by atoms with E-state index in [4.69, 9.17) is 12.2 Å². The fourth-order valence-corrected chi connectivity index (χ4v) is 5.26. The van der Waals surface area contributed by atoms with Crippen LogP contribution in [0.1, 0.15) is 11.1 Å². The SMILES string of the molecule is S=C1Cc2cc(CCN3CCN(c4cccc5sccc45)CC3)ccc2N1. The normalized spacial score (nSPS) is 17.3. The number of nitrogens with zero attached hydrogens (tertiary/aromatic N) is 2. The first kappa shape index (κ1) is 17.2. The van der Waals surface area contributed by atoms with Crippen molar-refractivity contribution in [2.45, 2.75) is 12.8 Å². The summed E-state index contributed by atoms with van der Waals surface area (Å²) >= 11 is 7.12. The zero-order valence-corrected chi connectivity index (χ0v) is 16.9. The standard InChI is InChI=1S/C22H23N3S2/c26-22-15-17-14-16(4-5-19(17)23-22)6-8-24-9-11-25(12-10-24)20-2-1-3-21-18(20)7-13-27-21/h1-5,7,13-14H,6,8-12,15H2,(H,23,26). The predicted molar refractivity (Wildman–Crippen MR) is 121 cm³/mol. The molecule has 0 aliphatic carbocycles. The molecule has 0 bridgehead atoms. The summed E-state index contributed by atoms with van der Waals surface area (Å²) in [4.78, 5) is 6.09. The molecule has 5 rings (SSSR count). The van der Waals surface area contributed by atoms with Crippen molar-refractivity contribution in [3.05, 3.63) is 59.0 Å². The number of thiocarbonyl (C=S) groups is 1. The Kier molecular flexibility index (Phi) is 4.60. The van der Waals surface area contributed by atoms with Crippen LogP contribution in [0.5, 0.6) is 0 Å². The third-order valence-corrected chi connectivity index (χ3v) is 6.83. The molecule has 1 saturated heterocycles. The topological polar surface area (TPSA) is 18.5 Å². The Labute approximate surface area is 169 Å². The molecule has 0 radical (unpaired) electrons. The molecule has 2 aliphatic heterocycles. The van der Waals surface area contributed by atoms with Gasteiger partial charge in [0, 0.05) is 60.6 Å². The summed E-state index contributed by atoms with van der Waals surface area (Å²) < 4.78 is 1.39. The Morgan fingerprint density at radius 2 is 1.93 bits per heavy atom. The minimum Gasteiger partial charge on any atom is -0.368 e. The van der Waals surface area contributed by atoms with Gasteiger partial charge in [0.2, 0.25) is 0 Å². The maximum Gasteiger partial charge on any atom is 0.0842 e. The fourth-order valence-electron chi connectivity index (χ4n) is 4.19. The summed E-state index contributed by atoms with van der Waals surface area (Å²) in [5, 5.41) is 6.88. The summed E-state index contributed by atoms with van der Waals surface area (Å²) in [5.74, 6) is 0. The van der Waals surface area contributed by atoms with Gasteiger partial charge in [-0.25, -0.2) is 0 Å². The Morgan fingerprint density at radius 3 is 2.81 bits per heavy atom. The van der Waals surface area contributed by atoms with Crippen molar-refractivity contribution in [2.24, 2.45) is 0 Å². The second-order valence-electron chi connectivity index (χ2n) is 7.40. The lowest BCUT2D eigenvalue weighted by atomic mass is 10.1. The second-order valence-corrected chi connectivity index (χ2v) is 8.85. The van der Waals surface area contributed by atoms with Crippen molar-refractivity contribution < 1.29 is 0 Å². The first-order valence-corrected chi connectivity index (χ1v) is 10.9. The van der Waals surface area contributed by atoms with Gasteiger partial charge in [-0.15, -0.1) is 11.3 Å². The van der Waals surface area contributed by atoms with E-state index >= 15 is 0 Å². The van der Waals surface area contributed by atoms with Gasteiger partial charge in [0.05, 0.1) is 4.99 Å². The molecule has 0 saturated carbocycles. The molecule has 2 aliphatic rings. The van der Waals surface area contributed by atoms with E-state index in [-0.39, 0.29) is 0 Å². The molecule has 1 aromatic heterocycles. The van der Waals surface area contributed by atoms with Crippen molar-refractivity contribution in [3.63, 3.8) is 0 Å². The lowest BCUT2D eigenvalue weighted by Gasteiger charge is -2.36. The largest absolute Gasteiger partial charge is 0.368 e. The average molecular weight is 394 g/mol. The van der Waals surface area contributed by atoms with Crippen LogP contribution in [-0.4, -0.2) is 42.6 Å². The van der Waals surface area contributed by atoms with Crippen molar-refractivity contribution >= 4 is 50.0 Å². The molecule has 3 heterocycles. The summed E-state index contributed by atoms with van der Waals surface area (Å²) in [5.41, 5.74) is 5.37. The maximum atomic E-state index is 5.29. The highest BCUT2D eigenvalue weighted by Crippen LogP contribution is 2.31. The number of fused-ring (bicyclic) bond motifs is 2. The highest BCUT2D eigenvalue weighted by Gasteiger charge is 2.19. The lowest BCUT2D eigenvalue weighted by Crippen LogP contribution is -2.47. The smallest absolute Gasteiger partial charge is 0.0842 e. The van der Waals surface area contributed by atoms with Crippen LogP contribution < -0.4 is 10.2 Å². The van der Waals surface area contributed by atoms with Gasteiger partial charge in [-0.2, -0.15) is 0 Å². The van der Waals surface area contributed by atoms with Crippen LogP contribution in [-0.2, 0) is 12.8 Å². The van der Waals surface area contributed by atoms with Crippen LogP contribution in [0.4, 0.5) is 11.4 Å². The molecule has 3 aromatic rings. The summed E-state index contributed by atoms with van der Waals surface area (Å²) in [6, 6.07) is 15.7. The van der Waals surface area contributed by atoms with E-state index in [0.717, 1.165) is 50.6 Å². The Morgan fingerprint density at radius 1 is 1.04 bits per heavy atom. The molecule has 1 N–H and O–H groups in total. The van der Waals surface area contributed by atoms with E-state index < -0.39 is 0 Å². The van der Waals surface area contributed by atoms with Crippen LogP contribution in [0.2, 0.25) is 0 Å². The predicted octanol–water partition coefficient (Wildman–Crippen LogP) is 4.56. The van der Waals surface area contributed by atoms with Gasteiger partial charge >= 0.3 is 0 Å². The zero-order valence-electron chi connectivity index (χ0n) is 15.3. The van der Waals surface area contributed by atoms with Gasteiger partial charge in [-0.1, -0.05) is 30.4 Å². The van der Waals surface area contributed by atoms with Gasteiger partial charge in [0.1, 0.15) is 0 Å². The molecular weight excluding hydrogens is 370 g/mol. The molecular formula is C22H23N3S2. The number of thiophene rings is 1. The summed E-state index contributed by atoms with van der Waals surface area (Å²) in [6.07, 6.45) is 2.01. The summed E-state index contributed by atoms with van der Waals surface area (Å²) in [6.45, 7) is 5.62. The Hall–Kier alpha value is -1.95. The second kappa shape index (κ2) is 7.23. The monoisotopic (exact) mass is 393 g/mol. The molecule has 5 heteroatoms. The third kappa shape index (κ3) is 3.47. The van der Waals surface area contributed by atoms with E-state index in [2.05, 4.69) is 63.0 Å². The van der Waals surface area contributed by atoms with Gasteiger partial charge in [0.25, 0.3) is 0 Å². The lowest BCUT2D eigenvalue weighted by molar-refractivity contribution is 0.261. The molecule has 138 valence electrons.